The quantitative estimate of drug-likeness (QED) is 0.343. The molecule has 0 fully saturated rings. The van der Waals surface area contributed by atoms with Crippen molar-refractivity contribution in [2.45, 2.75) is 5.75 Å². The summed E-state index contributed by atoms with van der Waals surface area (Å²) in [5.41, 5.74) is 2.77. The standard InChI is InChI=1S/C8H8BN3O2S/c10-6-15-5-7-1-3-8(4-2-7)9(11-13)12-14/h1-4,6,10H,5H2. The highest BCUT2D eigenvalue weighted by Gasteiger charge is 2.20. The Balaban J connectivity index is 2.74. The van der Waals surface area contributed by atoms with Gasteiger partial charge in [-0.2, -0.15) is 9.81 Å². The van der Waals surface area contributed by atoms with E-state index < -0.39 is 6.98 Å². The van der Waals surface area contributed by atoms with Crippen LogP contribution in [0.25, 0.3) is 0 Å². The molecule has 0 aromatic heterocycles. The molecule has 1 aromatic rings. The Labute approximate surface area is 91.2 Å². The van der Waals surface area contributed by atoms with Gasteiger partial charge in [-0.1, -0.05) is 34.4 Å². The molecule has 0 aliphatic carbocycles. The van der Waals surface area contributed by atoms with Crippen molar-refractivity contribution in [2.75, 3.05) is 0 Å². The van der Waals surface area contributed by atoms with E-state index in [2.05, 4.69) is 10.2 Å². The Bertz CT molecular complexity index is 349. The van der Waals surface area contributed by atoms with E-state index in [1.54, 1.807) is 24.3 Å². The molecule has 0 aliphatic heterocycles. The summed E-state index contributed by atoms with van der Waals surface area (Å²) in [6.07, 6.45) is 0. The molecule has 1 aromatic carbocycles. The summed E-state index contributed by atoms with van der Waals surface area (Å²) < 4.78 is 0. The summed E-state index contributed by atoms with van der Waals surface area (Å²) in [6.45, 7) is -1.16. The van der Waals surface area contributed by atoms with Gasteiger partial charge >= 0.3 is 6.98 Å². The van der Waals surface area contributed by atoms with Crippen LogP contribution in [-0.2, 0) is 5.75 Å². The van der Waals surface area contributed by atoms with Gasteiger partial charge in [0.05, 0.1) is 5.55 Å². The van der Waals surface area contributed by atoms with Crippen molar-refractivity contribution in [1.29, 1.82) is 5.41 Å². The van der Waals surface area contributed by atoms with E-state index in [1.165, 1.54) is 17.3 Å². The molecule has 15 heavy (non-hydrogen) atoms. The first-order valence-corrected chi connectivity index (χ1v) is 5.21. The average molecular weight is 221 g/mol. The van der Waals surface area contributed by atoms with Crippen molar-refractivity contribution in [2.24, 2.45) is 10.2 Å². The number of benzene rings is 1. The van der Waals surface area contributed by atoms with Crippen molar-refractivity contribution in [3.63, 3.8) is 0 Å². The van der Waals surface area contributed by atoms with Crippen LogP contribution < -0.4 is 5.46 Å². The van der Waals surface area contributed by atoms with E-state index in [0.29, 0.717) is 11.2 Å². The zero-order chi connectivity index (χ0) is 11.1. The first kappa shape index (κ1) is 11.6. The van der Waals surface area contributed by atoms with Gasteiger partial charge in [0, 0.05) is 5.75 Å². The number of hydrogen-bond donors (Lipinski definition) is 1. The summed E-state index contributed by atoms with van der Waals surface area (Å²) in [6, 6.07) is 6.87. The maximum absolute atomic E-state index is 10.2. The Morgan fingerprint density at radius 1 is 1.27 bits per heavy atom. The second kappa shape index (κ2) is 6.08. The fourth-order valence-corrected chi connectivity index (χ4v) is 1.53. The van der Waals surface area contributed by atoms with Crippen molar-refractivity contribution >= 4 is 29.8 Å². The van der Waals surface area contributed by atoms with Gasteiger partial charge in [0.1, 0.15) is 0 Å². The lowest BCUT2D eigenvalue weighted by Gasteiger charge is -2.00. The molecule has 0 heterocycles. The van der Waals surface area contributed by atoms with Gasteiger partial charge in [-0.3, -0.25) is 0 Å². The largest absolute Gasteiger partial charge is 0.548 e. The third kappa shape index (κ3) is 3.28. The van der Waals surface area contributed by atoms with Crippen molar-refractivity contribution in [3.05, 3.63) is 39.6 Å². The van der Waals surface area contributed by atoms with E-state index >= 15 is 0 Å². The van der Waals surface area contributed by atoms with Gasteiger partial charge in [-0.25, -0.2) is 0 Å². The maximum atomic E-state index is 10.2. The first-order chi connectivity index (χ1) is 7.31. The van der Waals surface area contributed by atoms with Crippen LogP contribution in [-0.4, -0.2) is 12.5 Å². The Morgan fingerprint density at radius 3 is 2.33 bits per heavy atom. The molecule has 0 amide bonds. The topological polar surface area (TPSA) is 82.7 Å². The van der Waals surface area contributed by atoms with Crippen molar-refractivity contribution in [1.82, 2.24) is 0 Å². The number of rotatable bonds is 6. The molecule has 0 bridgehead atoms. The van der Waals surface area contributed by atoms with Crippen LogP contribution in [0.4, 0.5) is 0 Å². The summed E-state index contributed by atoms with van der Waals surface area (Å²) in [5.74, 6) is 0.692. The SMILES string of the molecule is N=CSCc1ccc(B(N=O)N=O)cc1. The lowest BCUT2D eigenvalue weighted by atomic mass is 9.71. The highest BCUT2D eigenvalue weighted by molar-refractivity contribution is 8.11. The second-order valence-electron chi connectivity index (χ2n) is 2.75. The lowest BCUT2D eigenvalue weighted by molar-refractivity contribution is 1.43. The summed E-state index contributed by atoms with van der Waals surface area (Å²) >= 11 is 1.36. The molecule has 0 unspecified atom stereocenters. The first-order valence-electron chi connectivity index (χ1n) is 4.16. The monoisotopic (exact) mass is 221 g/mol. The molecule has 1 N–H and O–H groups in total. The molecular weight excluding hydrogens is 213 g/mol. The van der Waals surface area contributed by atoms with Crippen LogP contribution in [0, 0.1) is 15.2 Å². The smallest absolute Gasteiger partial charge is 0.302 e. The van der Waals surface area contributed by atoms with Gasteiger partial charge in [-0.15, -0.1) is 11.8 Å². The van der Waals surface area contributed by atoms with Gasteiger partial charge in [0.15, 0.2) is 0 Å². The molecule has 7 heteroatoms. The van der Waals surface area contributed by atoms with E-state index in [4.69, 9.17) is 5.41 Å². The number of nitroso groups, excluding NO2 is 2. The maximum Gasteiger partial charge on any atom is 0.548 e. The zero-order valence-electron chi connectivity index (χ0n) is 7.79. The van der Waals surface area contributed by atoms with E-state index in [-0.39, 0.29) is 0 Å². The summed E-state index contributed by atoms with van der Waals surface area (Å²) in [7, 11) is 0. The van der Waals surface area contributed by atoms with Crippen LogP contribution in [0.5, 0.6) is 0 Å². The molecule has 5 nitrogen and oxygen atoms in total. The molecule has 0 spiro atoms. The lowest BCUT2D eigenvalue weighted by Crippen LogP contribution is -2.25. The van der Waals surface area contributed by atoms with Gasteiger partial charge in [0.2, 0.25) is 0 Å². The summed E-state index contributed by atoms with van der Waals surface area (Å²) in [5, 5.41) is 12.0. The fraction of sp³-hybridized carbons (Fsp3) is 0.125. The van der Waals surface area contributed by atoms with Crippen LogP contribution in [0.3, 0.4) is 0 Å². The summed E-state index contributed by atoms with van der Waals surface area (Å²) in [4.78, 5) is 20.4. The Kier molecular flexibility index (Phi) is 4.69. The van der Waals surface area contributed by atoms with Gasteiger partial charge in [0.25, 0.3) is 0 Å². The van der Waals surface area contributed by atoms with Crippen LogP contribution in [0.2, 0.25) is 0 Å². The molecule has 0 saturated heterocycles. The van der Waals surface area contributed by atoms with Crippen molar-refractivity contribution in [3.8, 4) is 0 Å². The minimum absolute atomic E-state index is 0.489. The third-order valence-corrected chi connectivity index (χ3v) is 2.48. The number of hydrogen-bond acceptors (Lipinski definition) is 6. The zero-order valence-corrected chi connectivity index (χ0v) is 8.61. The van der Waals surface area contributed by atoms with E-state index in [9.17, 15) is 9.81 Å². The van der Waals surface area contributed by atoms with Gasteiger partial charge < -0.3 is 5.41 Å². The third-order valence-electron chi connectivity index (χ3n) is 1.81. The van der Waals surface area contributed by atoms with Crippen LogP contribution in [0.1, 0.15) is 5.56 Å². The van der Waals surface area contributed by atoms with Crippen molar-refractivity contribution < 1.29 is 0 Å². The van der Waals surface area contributed by atoms with Gasteiger partial charge in [-0.05, 0) is 11.0 Å². The van der Waals surface area contributed by atoms with Crippen LogP contribution >= 0.6 is 11.8 Å². The minimum atomic E-state index is -1.16. The van der Waals surface area contributed by atoms with Crippen LogP contribution in [0.15, 0.2) is 34.4 Å². The number of nitrogens with one attached hydrogen (secondary N) is 1. The highest BCUT2D eigenvalue weighted by Crippen LogP contribution is 2.08. The minimum Gasteiger partial charge on any atom is -0.302 e. The normalized spacial score (nSPS) is 9.33. The number of thioether (sulfide) groups is 1. The predicted molar refractivity (Wildman–Crippen MR) is 63.5 cm³/mol. The predicted octanol–water partition coefficient (Wildman–Crippen LogP) is 1.75. The van der Waals surface area contributed by atoms with E-state index in [0.717, 1.165) is 5.56 Å². The Morgan fingerprint density at radius 2 is 1.87 bits per heavy atom. The molecular formula is C8H8BN3O2S. The average Bonchev–Trinajstić information content (AvgIpc) is 2.29. The molecule has 0 atom stereocenters. The molecule has 76 valence electrons. The van der Waals surface area contributed by atoms with E-state index in [1.807, 2.05) is 0 Å². The molecule has 0 radical (unpaired) electrons. The number of nitrogens with zero attached hydrogens (tertiary/aromatic N) is 2. The molecule has 1 rings (SSSR count). The Hall–Kier alpha value is -1.50. The second-order valence-corrected chi connectivity index (χ2v) is 3.61. The molecule has 0 aliphatic rings. The fourth-order valence-electron chi connectivity index (χ4n) is 1.06. The highest BCUT2D eigenvalue weighted by atomic mass is 32.2. The molecule has 0 saturated carbocycles.